The van der Waals surface area contributed by atoms with Crippen LogP contribution in [0.4, 0.5) is 10.1 Å². The fourth-order valence-corrected chi connectivity index (χ4v) is 3.56. The lowest BCUT2D eigenvalue weighted by Crippen LogP contribution is -2.08. The highest BCUT2D eigenvalue weighted by molar-refractivity contribution is 7.99. The Hall–Kier alpha value is -1.74. The standard InChI is InChI=1S/C18H18FNS/c1-2-12-21-18-9-4-3-8-17(18)20-16-11-10-13-14(16)6-5-7-15(13)19/h2-9,16,20H,1,10-12H2. The normalized spacial score (nSPS) is 16.5. The maximum Gasteiger partial charge on any atom is 0.126 e. The molecule has 3 heteroatoms. The molecule has 0 saturated carbocycles. The van der Waals surface area contributed by atoms with Gasteiger partial charge in [-0.1, -0.05) is 30.3 Å². The predicted molar refractivity (Wildman–Crippen MR) is 88.4 cm³/mol. The molecular weight excluding hydrogens is 281 g/mol. The molecule has 1 unspecified atom stereocenters. The number of nitrogens with one attached hydrogen (secondary N) is 1. The van der Waals surface area contributed by atoms with Gasteiger partial charge in [-0.15, -0.1) is 18.3 Å². The number of hydrogen-bond acceptors (Lipinski definition) is 2. The van der Waals surface area contributed by atoms with Crippen LogP contribution < -0.4 is 5.32 Å². The first-order valence-corrected chi connectivity index (χ1v) is 8.14. The first kappa shape index (κ1) is 14.2. The molecule has 1 nitrogen and oxygen atoms in total. The zero-order valence-corrected chi connectivity index (χ0v) is 12.6. The molecular formula is C18H18FNS. The van der Waals surface area contributed by atoms with Gasteiger partial charge in [0.25, 0.3) is 0 Å². The molecule has 0 spiro atoms. The molecule has 1 aliphatic carbocycles. The molecule has 0 amide bonds. The third-order valence-electron chi connectivity index (χ3n) is 3.79. The third-order valence-corrected chi connectivity index (χ3v) is 4.86. The Labute approximate surface area is 129 Å². The van der Waals surface area contributed by atoms with E-state index in [1.807, 2.05) is 24.3 Å². The van der Waals surface area contributed by atoms with Gasteiger partial charge in [0.05, 0.1) is 6.04 Å². The lowest BCUT2D eigenvalue weighted by Gasteiger charge is -2.18. The molecule has 0 aliphatic heterocycles. The number of fused-ring (bicyclic) bond motifs is 1. The van der Waals surface area contributed by atoms with E-state index in [2.05, 4.69) is 24.0 Å². The molecule has 21 heavy (non-hydrogen) atoms. The van der Waals surface area contributed by atoms with Gasteiger partial charge in [-0.05, 0) is 42.2 Å². The Bertz CT molecular complexity index is 653. The van der Waals surface area contributed by atoms with Crippen molar-refractivity contribution in [2.45, 2.75) is 23.8 Å². The fraction of sp³-hybridized carbons (Fsp3) is 0.222. The Morgan fingerprint density at radius 3 is 2.95 bits per heavy atom. The summed E-state index contributed by atoms with van der Waals surface area (Å²) in [5.41, 5.74) is 3.08. The second-order valence-corrected chi connectivity index (χ2v) is 6.20. The van der Waals surface area contributed by atoms with Gasteiger partial charge in [0.2, 0.25) is 0 Å². The van der Waals surface area contributed by atoms with Crippen molar-refractivity contribution < 1.29 is 4.39 Å². The Morgan fingerprint density at radius 2 is 2.10 bits per heavy atom. The predicted octanol–water partition coefficient (Wildman–Crippen LogP) is 5.20. The molecule has 1 atom stereocenters. The van der Waals surface area contributed by atoms with Crippen LogP contribution in [0.2, 0.25) is 0 Å². The fourth-order valence-electron chi connectivity index (χ4n) is 2.81. The summed E-state index contributed by atoms with van der Waals surface area (Å²) in [4.78, 5) is 1.21. The Morgan fingerprint density at radius 1 is 1.24 bits per heavy atom. The van der Waals surface area contributed by atoms with Crippen molar-refractivity contribution in [2.75, 3.05) is 11.1 Å². The van der Waals surface area contributed by atoms with Gasteiger partial charge in [-0.3, -0.25) is 0 Å². The van der Waals surface area contributed by atoms with Gasteiger partial charge in [0.1, 0.15) is 5.82 Å². The van der Waals surface area contributed by atoms with Crippen LogP contribution in [-0.4, -0.2) is 5.75 Å². The number of anilines is 1. The Balaban J connectivity index is 1.83. The molecule has 2 aromatic carbocycles. The molecule has 3 rings (SSSR count). The highest BCUT2D eigenvalue weighted by Gasteiger charge is 2.25. The van der Waals surface area contributed by atoms with Gasteiger partial charge >= 0.3 is 0 Å². The largest absolute Gasteiger partial charge is 0.377 e. The number of halogens is 1. The van der Waals surface area contributed by atoms with E-state index in [1.54, 1.807) is 23.9 Å². The molecule has 0 radical (unpaired) electrons. The van der Waals surface area contributed by atoms with Crippen LogP contribution in [-0.2, 0) is 6.42 Å². The smallest absolute Gasteiger partial charge is 0.126 e. The summed E-state index contributed by atoms with van der Waals surface area (Å²) in [5, 5.41) is 3.58. The van der Waals surface area contributed by atoms with E-state index in [0.29, 0.717) is 0 Å². The first-order valence-electron chi connectivity index (χ1n) is 7.16. The van der Waals surface area contributed by atoms with E-state index in [1.165, 1.54) is 4.90 Å². The van der Waals surface area contributed by atoms with Crippen molar-refractivity contribution in [2.24, 2.45) is 0 Å². The van der Waals surface area contributed by atoms with E-state index in [4.69, 9.17) is 0 Å². The number of para-hydroxylation sites is 1. The van der Waals surface area contributed by atoms with Crippen LogP contribution in [0.15, 0.2) is 60.0 Å². The van der Waals surface area contributed by atoms with E-state index >= 15 is 0 Å². The molecule has 0 fully saturated rings. The average Bonchev–Trinajstić information content (AvgIpc) is 2.91. The molecule has 0 heterocycles. The lowest BCUT2D eigenvalue weighted by atomic mass is 10.1. The Kier molecular flexibility index (Phi) is 4.30. The second-order valence-electron chi connectivity index (χ2n) is 5.14. The van der Waals surface area contributed by atoms with Gasteiger partial charge in [0.15, 0.2) is 0 Å². The van der Waals surface area contributed by atoms with E-state index < -0.39 is 0 Å². The van der Waals surface area contributed by atoms with Crippen molar-refractivity contribution in [3.05, 3.63) is 72.1 Å². The summed E-state index contributed by atoms with van der Waals surface area (Å²) in [5.74, 6) is 0.806. The van der Waals surface area contributed by atoms with E-state index in [-0.39, 0.29) is 11.9 Å². The van der Waals surface area contributed by atoms with Crippen LogP contribution in [0.3, 0.4) is 0 Å². The van der Waals surface area contributed by atoms with E-state index in [9.17, 15) is 4.39 Å². The van der Waals surface area contributed by atoms with Gasteiger partial charge in [-0.25, -0.2) is 4.39 Å². The van der Waals surface area contributed by atoms with Crippen LogP contribution in [0.1, 0.15) is 23.6 Å². The molecule has 2 aromatic rings. The summed E-state index contributed by atoms with van der Waals surface area (Å²) >= 11 is 1.76. The molecule has 0 bridgehead atoms. The van der Waals surface area contributed by atoms with Crippen molar-refractivity contribution >= 4 is 17.4 Å². The van der Waals surface area contributed by atoms with Gasteiger partial charge in [-0.2, -0.15) is 0 Å². The summed E-state index contributed by atoms with van der Waals surface area (Å²) in [7, 11) is 0. The minimum absolute atomic E-state index is 0.0777. The van der Waals surface area contributed by atoms with Crippen LogP contribution in [0.25, 0.3) is 0 Å². The van der Waals surface area contributed by atoms with Crippen LogP contribution in [0, 0.1) is 5.82 Å². The molecule has 1 N–H and O–H groups in total. The average molecular weight is 299 g/mol. The highest BCUT2D eigenvalue weighted by atomic mass is 32.2. The number of benzene rings is 2. The molecule has 108 valence electrons. The monoisotopic (exact) mass is 299 g/mol. The van der Waals surface area contributed by atoms with Crippen LogP contribution in [0.5, 0.6) is 0 Å². The second kappa shape index (κ2) is 6.35. The highest BCUT2D eigenvalue weighted by Crippen LogP contribution is 2.37. The van der Waals surface area contributed by atoms with Crippen LogP contribution >= 0.6 is 11.8 Å². The maximum atomic E-state index is 13.8. The number of hydrogen-bond donors (Lipinski definition) is 1. The first-order chi connectivity index (χ1) is 10.3. The molecule has 0 aromatic heterocycles. The van der Waals surface area contributed by atoms with Crippen molar-refractivity contribution in [3.63, 3.8) is 0 Å². The third kappa shape index (κ3) is 2.98. The van der Waals surface area contributed by atoms with Crippen molar-refractivity contribution in [1.29, 1.82) is 0 Å². The molecule has 0 saturated heterocycles. The lowest BCUT2D eigenvalue weighted by molar-refractivity contribution is 0.612. The summed E-state index contributed by atoms with van der Waals surface area (Å²) in [6.45, 7) is 3.77. The summed E-state index contributed by atoms with van der Waals surface area (Å²) in [6, 6.07) is 13.8. The SMILES string of the molecule is C=CCSc1ccccc1NC1CCc2c(F)cccc21. The summed E-state index contributed by atoms with van der Waals surface area (Å²) < 4.78 is 13.8. The topological polar surface area (TPSA) is 12.0 Å². The summed E-state index contributed by atoms with van der Waals surface area (Å²) in [6.07, 6.45) is 3.65. The zero-order valence-electron chi connectivity index (χ0n) is 11.8. The number of rotatable bonds is 5. The van der Waals surface area contributed by atoms with Gasteiger partial charge < -0.3 is 5.32 Å². The minimum Gasteiger partial charge on any atom is -0.377 e. The van der Waals surface area contributed by atoms with Gasteiger partial charge in [0, 0.05) is 16.3 Å². The molecule has 1 aliphatic rings. The van der Waals surface area contributed by atoms with E-state index in [0.717, 1.165) is 35.4 Å². The zero-order chi connectivity index (χ0) is 14.7. The number of thioether (sulfide) groups is 1. The quantitative estimate of drug-likeness (QED) is 0.601. The van der Waals surface area contributed by atoms with Crippen molar-refractivity contribution in [3.8, 4) is 0 Å². The minimum atomic E-state index is -0.0777. The maximum absolute atomic E-state index is 13.8. The van der Waals surface area contributed by atoms with Crippen molar-refractivity contribution in [1.82, 2.24) is 0 Å².